The highest BCUT2D eigenvalue weighted by Gasteiger charge is 2.28. The van der Waals surface area contributed by atoms with E-state index in [1.165, 1.54) is 12.0 Å². The summed E-state index contributed by atoms with van der Waals surface area (Å²) < 4.78 is 5.59. The molecule has 3 nitrogen and oxygen atoms in total. The van der Waals surface area contributed by atoms with Crippen LogP contribution in [0.3, 0.4) is 0 Å². The standard InChI is InChI=1S/C14H17NO2/c16-14(10-4-3-5-10)15-8-11-9-17-13-7-2-1-6-12(11)13/h1-2,6-7,10-11H,3-5,8-9H2,(H,15,16). The Kier molecular flexibility index (Phi) is 2.75. The van der Waals surface area contributed by atoms with E-state index in [-0.39, 0.29) is 11.8 Å². The van der Waals surface area contributed by atoms with E-state index in [0.29, 0.717) is 19.1 Å². The van der Waals surface area contributed by atoms with Crippen LogP contribution in [-0.4, -0.2) is 19.1 Å². The van der Waals surface area contributed by atoms with E-state index in [2.05, 4.69) is 11.4 Å². The van der Waals surface area contributed by atoms with Gasteiger partial charge in [-0.05, 0) is 18.9 Å². The van der Waals surface area contributed by atoms with Crippen LogP contribution in [0, 0.1) is 5.92 Å². The molecule has 17 heavy (non-hydrogen) atoms. The van der Waals surface area contributed by atoms with Crippen molar-refractivity contribution in [2.75, 3.05) is 13.2 Å². The average Bonchev–Trinajstić information content (AvgIpc) is 2.67. The SMILES string of the molecule is O=C(NCC1COc2ccccc21)C1CCC1. The van der Waals surface area contributed by atoms with Crippen molar-refractivity contribution in [1.82, 2.24) is 5.32 Å². The van der Waals surface area contributed by atoms with E-state index in [9.17, 15) is 4.79 Å². The minimum absolute atomic E-state index is 0.223. The van der Waals surface area contributed by atoms with Crippen molar-refractivity contribution < 1.29 is 9.53 Å². The first-order chi connectivity index (χ1) is 8.34. The minimum Gasteiger partial charge on any atom is -0.493 e. The number of para-hydroxylation sites is 1. The van der Waals surface area contributed by atoms with E-state index in [0.717, 1.165) is 18.6 Å². The summed E-state index contributed by atoms with van der Waals surface area (Å²) in [5, 5.41) is 3.05. The molecule has 1 aromatic carbocycles. The van der Waals surface area contributed by atoms with Gasteiger partial charge in [-0.2, -0.15) is 0 Å². The number of fused-ring (bicyclic) bond motifs is 1. The fraction of sp³-hybridized carbons (Fsp3) is 0.500. The average molecular weight is 231 g/mol. The summed E-state index contributed by atoms with van der Waals surface area (Å²) in [6.45, 7) is 1.39. The first-order valence-electron chi connectivity index (χ1n) is 6.34. The Labute approximate surface area is 101 Å². The molecule has 1 unspecified atom stereocenters. The second kappa shape index (κ2) is 4.40. The summed E-state index contributed by atoms with van der Waals surface area (Å²) in [6, 6.07) is 8.08. The lowest BCUT2D eigenvalue weighted by atomic mass is 9.84. The molecule has 1 aliphatic heterocycles. The Morgan fingerprint density at radius 1 is 1.35 bits per heavy atom. The molecule has 0 spiro atoms. The van der Waals surface area contributed by atoms with Crippen molar-refractivity contribution in [2.45, 2.75) is 25.2 Å². The molecular formula is C14H17NO2. The number of amides is 1. The first-order valence-corrected chi connectivity index (χ1v) is 6.34. The number of nitrogens with one attached hydrogen (secondary N) is 1. The van der Waals surface area contributed by atoms with E-state index in [1.807, 2.05) is 18.2 Å². The molecule has 1 atom stereocenters. The molecule has 1 aliphatic carbocycles. The van der Waals surface area contributed by atoms with Crippen molar-refractivity contribution in [3.05, 3.63) is 29.8 Å². The smallest absolute Gasteiger partial charge is 0.223 e. The van der Waals surface area contributed by atoms with Crippen LogP contribution < -0.4 is 10.1 Å². The predicted octanol–water partition coefficient (Wildman–Crippen LogP) is 2.08. The molecular weight excluding hydrogens is 214 g/mol. The van der Waals surface area contributed by atoms with E-state index < -0.39 is 0 Å². The lowest BCUT2D eigenvalue weighted by Gasteiger charge is -2.24. The summed E-state index contributed by atoms with van der Waals surface area (Å²) in [5.41, 5.74) is 1.22. The fourth-order valence-corrected chi connectivity index (χ4v) is 2.44. The molecule has 1 saturated carbocycles. The van der Waals surface area contributed by atoms with Crippen LogP contribution in [0.2, 0.25) is 0 Å². The fourth-order valence-electron chi connectivity index (χ4n) is 2.44. The van der Waals surface area contributed by atoms with E-state index >= 15 is 0 Å². The Bertz CT molecular complexity index is 426. The molecule has 0 radical (unpaired) electrons. The van der Waals surface area contributed by atoms with Gasteiger partial charge in [-0.25, -0.2) is 0 Å². The molecule has 1 aromatic rings. The Morgan fingerprint density at radius 2 is 2.18 bits per heavy atom. The van der Waals surface area contributed by atoms with Gasteiger partial charge in [-0.3, -0.25) is 4.79 Å². The Balaban J connectivity index is 1.58. The molecule has 90 valence electrons. The quantitative estimate of drug-likeness (QED) is 0.865. The van der Waals surface area contributed by atoms with Crippen molar-refractivity contribution >= 4 is 5.91 Å². The van der Waals surface area contributed by atoms with Gasteiger partial charge in [-0.1, -0.05) is 24.6 Å². The lowest BCUT2D eigenvalue weighted by molar-refractivity contribution is -0.127. The van der Waals surface area contributed by atoms with Gasteiger partial charge in [0.15, 0.2) is 0 Å². The molecule has 2 aliphatic rings. The number of ether oxygens (including phenoxy) is 1. The highest BCUT2D eigenvalue weighted by atomic mass is 16.5. The monoisotopic (exact) mass is 231 g/mol. The topological polar surface area (TPSA) is 38.3 Å². The third-order valence-corrected chi connectivity index (χ3v) is 3.80. The predicted molar refractivity (Wildman–Crippen MR) is 65.0 cm³/mol. The first kappa shape index (κ1) is 10.6. The van der Waals surface area contributed by atoms with Crippen LogP contribution in [0.25, 0.3) is 0 Å². The normalized spacial score (nSPS) is 22.5. The van der Waals surface area contributed by atoms with Gasteiger partial charge in [0, 0.05) is 23.9 Å². The van der Waals surface area contributed by atoms with Gasteiger partial charge in [-0.15, -0.1) is 0 Å². The Morgan fingerprint density at radius 3 is 2.94 bits per heavy atom. The van der Waals surface area contributed by atoms with E-state index in [4.69, 9.17) is 4.74 Å². The molecule has 1 heterocycles. The van der Waals surface area contributed by atoms with Crippen LogP contribution in [0.5, 0.6) is 5.75 Å². The largest absolute Gasteiger partial charge is 0.493 e. The zero-order valence-electron chi connectivity index (χ0n) is 9.82. The summed E-state index contributed by atoms with van der Waals surface area (Å²) >= 11 is 0. The molecule has 0 aromatic heterocycles. The highest BCUT2D eigenvalue weighted by molar-refractivity contribution is 5.79. The third kappa shape index (κ3) is 2.02. The van der Waals surface area contributed by atoms with Gasteiger partial charge < -0.3 is 10.1 Å². The van der Waals surface area contributed by atoms with Gasteiger partial charge in [0.25, 0.3) is 0 Å². The molecule has 1 fully saturated rings. The van der Waals surface area contributed by atoms with Crippen molar-refractivity contribution in [3.8, 4) is 5.75 Å². The second-order valence-electron chi connectivity index (χ2n) is 4.92. The maximum absolute atomic E-state index is 11.7. The minimum atomic E-state index is 0.223. The Hall–Kier alpha value is -1.51. The zero-order valence-corrected chi connectivity index (χ0v) is 9.82. The van der Waals surface area contributed by atoms with E-state index in [1.54, 1.807) is 0 Å². The van der Waals surface area contributed by atoms with Gasteiger partial charge in [0.1, 0.15) is 5.75 Å². The lowest BCUT2D eigenvalue weighted by Crippen LogP contribution is -2.37. The summed E-state index contributed by atoms with van der Waals surface area (Å²) in [7, 11) is 0. The number of carbonyl (C=O) groups excluding carboxylic acids is 1. The maximum atomic E-state index is 11.7. The summed E-state index contributed by atoms with van der Waals surface area (Å²) in [4.78, 5) is 11.7. The van der Waals surface area contributed by atoms with Crippen LogP contribution in [0.15, 0.2) is 24.3 Å². The van der Waals surface area contributed by atoms with Crippen LogP contribution in [0.4, 0.5) is 0 Å². The van der Waals surface area contributed by atoms with Gasteiger partial charge >= 0.3 is 0 Å². The van der Waals surface area contributed by atoms with Crippen molar-refractivity contribution in [2.24, 2.45) is 5.92 Å². The van der Waals surface area contributed by atoms with Crippen molar-refractivity contribution in [3.63, 3.8) is 0 Å². The number of carbonyl (C=O) groups is 1. The number of benzene rings is 1. The van der Waals surface area contributed by atoms with Crippen LogP contribution in [0.1, 0.15) is 30.7 Å². The third-order valence-electron chi connectivity index (χ3n) is 3.80. The molecule has 3 heteroatoms. The molecule has 1 amide bonds. The van der Waals surface area contributed by atoms with Crippen molar-refractivity contribution in [1.29, 1.82) is 0 Å². The van der Waals surface area contributed by atoms with Gasteiger partial charge in [0.2, 0.25) is 5.91 Å². The molecule has 3 rings (SSSR count). The summed E-state index contributed by atoms with van der Waals surface area (Å²) in [6.07, 6.45) is 3.32. The zero-order chi connectivity index (χ0) is 11.7. The number of rotatable bonds is 3. The molecule has 0 bridgehead atoms. The second-order valence-corrected chi connectivity index (χ2v) is 4.92. The molecule has 0 saturated heterocycles. The summed E-state index contributed by atoms with van der Waals surface area (Å²) in [5.74, 6) is 1.78. The molecule has 1 N–H and O–H groups in total. The number of hydrogen-bond donors (Lipinski definition) is 1. The number of hydrogen-bond acceptors (Lipinski definition) is 2. The van der Waals surface area contributed by atoms with Gasteiger partial charge in [0.05, 0.1) is 6.61 Å². The maximum Gasteiger partial charge on any atom is 0.223 e. The highest BCUT2D eigenvalue weighted by Crippen LogP contribution is 2.33. The van der Waals surface area contributed by atoms with Crippen LogP contribution >= 0.6 is 0 Å². The van der Waals surface area contributed by atoms with Crippen LogP contribution in [-0.2, 0) is 4.79 Å².